The Hall–Kier alpha value is -1.35. The summed E-state index contributed by atoms with van der Waals surface area (Å²) in [6, 6.07) is 9.44. The fourth-order valence-electron chi connectivity index (χ4n) is 3.44. The van der Waals surface area contributed by atoms with Crippen LogP contribution in [0, 0.1) is 5.41 Å². The van der Waals surface area contributed by atoms with Gasteiger partial charge in [0.25, 0.3) is 0 Å². The summed E-state index contributed by atoms with van der Waals surface area (Å²) in [4.78, 5) is 16.5. The number of guanidine groups is 1. The second-order valence-electron chi connectivity index (χ2n) is 6.91. The molecule has 0 saturated heterocycles. The number of rotatable bonds is 9. The number of anilines is 1. The highest BCUT2D eigenvalue weighted by atomic mass is 127. The molecule has 1 aromatic carbocycles. The molecule has 1 aliphatic carbocycles. The van der Waals surface area contributed by atoms with Gasteiger partial charge in [0.2, 0.25) is 5.91 Å². The van der Waals surface area contributed by atoms with Gasteiger partial charge in [-0.1, -0.05) is 31.0 Å². The lowest BCUT2D eigenvalue weighted by atomic mass is 9.83. The maximum absolute atomic E-state index is 12.1. The van der Waals surface area contributed by atoms with E-state index in [4.69, 9.17) is 4.74 Å². The van der Waals surface area contributed by atoms with Crippen LogP contribution in [0.5, 0.6) is 0 Å². The number of nitrogens with zero attached hydrogens (tertiary/aromatic N) is 1. The number of halogens is 1. The van der Waals surface area contributed by atoms with Crippen LogP contribution in [-0.4, -0.2) is 45.2 Å². The Balaban J connectivity index is 0.00000364. The van der Waals surface area contributed by atoms with Crippen molar-refractivity contribution in [3.05, 3.63) is 30.3 Å². The van der Waals surface area contributed by atoms with Crippen LogP contribution in [0.2, 0.25) is 0 Å². The van der Waals surface area contributed by atoms with Crippen molar-refractivity contribution < 1.29 is 9.53 Å². The van der Waals surface area contributed by atoms with E-state index in [-0.39, 0.29) is 41.8 Å². The van der Waals surface area contributed by atoms with E-state index in [9.17, 15) is 4.79 Å². The summed E-state index contributed by atoms with van der Waals surface area (Å²) in [5.41, 5.74) is 1.06. The fourth-order valence-corrected chi connectivity index (χ4v) is 3.44. The molecule has 6 nitrogen and oxygen atoms in total. The molecule has 0 bridgehead atoms. The van der Waals surface area contributed by atoms with Crippen LogP contribution in [0.15, 0.2) is 35.3 Å². The number of carbonyl (C=O) groups is 1. The minimum atomic E-state index is -0.122. The molecule has 152 valence electrons. The quantitative estimate of drug-likeness (QED) is 0.283. The van der Waals surface area contributed by atoms with Crippen molar-refractivity contribution in [1.29, 1.82) is 0 Å². The molecule has 7 heteroatoms. The molecule has 1 aromatic rings. The summed E-state index contributed by atoms with van der Waals surface area (Å²) >= 11 is 0. The predicted molar refractivity (Wildman–Crippen MR) is 122 cm³/mol. The second-order valence-corrected chi connectivity index (χ2v) is 6.91. The number of ether oxygens (including phenoxy) is 1. The fraction of sp³-hybridized carbons (Fsp3) is 0.600. The van der Waals surface area contributed by atoms with Gasteiger partial charge in [-0.05, 0) is 43.7 Å². The van der Waals surface area contributed by atoms with Crippen LogP contribution >= 0.6 is 24.0 Å². The molecular formula is C20H33IN4O2. The molecule has 0 spiro atoms. The standard InChI is InChI=1S/C20H32N4O2.HI/c1-3-21-19(22-15-18(25)24-17-9-5-4-6-10-17)23-16-20(13-14-26-2)11-7-8-12-20;/h4-6,9-10H,3,7-8,11-16H2,1-2H3,(H,24,25)(H2,21,22,23);1H. The van der Waals surface area contributed by atoms with Crippen LogP contribution in [0.25, 0.3) is 0 Å². The van der Waals surface area contributed by atoms with Crippen molar-refractivity contribution in [2.45, 2.75) is 39.0 Å². The second kappa shape index (κ2) is 12.9. The highest BCUT2D eigenvalue weighted by Gasteiger charge is 2.33. The zero-order valence-corrected chi connectivity index (χ0v) is 18.8. The number of hydrogen-bond donors (Lipinski definition) is 3. The number of aliphatic imine (C=N–C) groups is 1. The molecule has 1 amide bonds. The first-order valence-corrected chi connectivity index (χ1v) is 9.53. The largest absolute Gasteiger partial charge is 0.385 e. The van der Waals surface area contributed by atoms with Crippen LogP contribution in [0.4, 0.5) is 5.69 Å². The van der Waals surface area contributed by atoms with Crippen LogP contribution < -0.4 is 16.0 Å². The molecule has 1 aliphatic rings. The van der Waals surface area contributed by atoms with Gasteiger partial charge >= 0.3 is 0 Å². The van der Waals surface area contributed by atoms with Gasteiger partial charge in [0, 0.05) is 32.5 Å². The maximum atomic E-state index is 12.1. The lowest BCUT2D eigenvalue weighted by molar-refractivity contribution is -0.114. The zero-order valence-electron chi connectivity index (χ0n) is 16.4. The van der Waals surface area contributed by atoms with E-state index in [1.807, 2.05) is 37.3 Å². The molecule has 0 aromatic heterocycles. The van der Waals surface area contributed by atoms with Crippen molar-refractivity contribution in [2.75, 3.05) is 38.7 Å². The Morgan fingerprint density at radius 2 is 1.89 bits per heavy atom. The highest BCUT2D eigenvalue weighted by Crippen LogP contribution is 2.40. The van der Waals surface area contributed by atoms with Gasteiger partial charge in [0.05, 0.1) is 0 Å². The summed E-state index contributed by atoms with van der Waals surface area (Å²) in [7, 11) is 1.76. The van der Waals surface area contributed by atoms with Gasteiger partial charge in [0.1, 0.15) is 6.54 Å². The van der Waals surface area contributed by atoms with Gasteiger partial charge in [-0.2, -0.15) is 0 Å². The molecule has 3 N–H and O–H groups in total. The normalized spacial score (nSPS) is 15.7. The van der Waals surface area contributed by atoms with Crippen molar-refractivity contribution >= 4 is 41.5 Å². The Labute approximate surface area is 179 Å². The number of amides is 1. The minimum Gasteiger partial charge on any atom is -0.385 e. The number of hydrogen-bond acceptors (Lipinski definition) is 3. The Morgan fingerprint density at radius 1 is 1.19 bits per heavy atom. The van der Waals surface area contributed by atoms with E-state index in [0.29, 0.717) is 5.96 Å². The number of carbonyl (C=O) groups excluding carboxylic acids is 1. The molecular weight excluding hydrogens is 455 g/mol. The van der Waals surface area contributed by atoms with Gasteiger partial charge in [-0.3, -0.25) is 4.79 Å². The molecule has 2 rings (SSSR count). The molecule has 0 atom stereocenters. The summed E-state index contributed by atoms with van der Waals surface area (Å²) < 4.78 is 5.29. The third kappa shape index (κ3) is 8.47. The van der Waals surface area contributed by atoms with E-state index in [1.165, 1.54) is 25.7 Å². The van der Waals surface area contributed by atoms with E-state index in [1.54, 1.807) is 7.11 Å². The van der Waals surface area contributed by atoms with E-state index in [2.05, 4.69) is 20.9 Å². The smallest absolute Gasteiger partial charge is 0.246 e. The molecule has 1 fully saturated rings. The average Bonchev–Trinajstić information content (AvgIpc) is 3.12. The van der Waals surface area contributed by atoms with Crippen molar-refractivity contribution in [2.24, 2.45) is 10.4 Å². The third-order valence-corrected chi connectivity index (χ3v) is 4.91. The SMILES string of the molecule is CCNC(=NCC(=O)Nc1ccccc1)NCC1(CCOC)CCCC1.I. The number of methoxy groups -OCH3 is 1. The van der Waals surface area contributed by atoms with Gasteiger partial charge in [-0.15, -0.1) is 24.0 Å². The molecule has 1 saturated carbocycles. The Morgan fingerprint density at radius 3 is 2.52 bits per heavy atom. The zero-order chi connectivity index (χ0) is 18.7. The monoisotopic (exact) mass is 488 g/mol. The summed E-state index contributed by atoms with van der Waals surface area (Å²) in [6.45, 7) is 4.53. The third-order valence-electron chi connectivity index (χ3n) is 4.91. The molecule has 0 heterocycles. The van der Waals surface area contributed by atoms with E-state index in [0.717, 1.165) is 31.8 Å². The molecule has 27 heavy (non-hydrogen) atoms. The van der Waals surface area contributed by atoms with E-state index < -0.39 is 0 Å². The van der Waals surface area contributed by atoms with Crippen LogP contribution in [-0.2, 0) is 9.53 Å². The van der Waals surface area contributed by atoms with Crippen LogP contribution in [0.3, 0.4) is 0 Å². The van der Waals surface area contributed by atoms with Crippen molar-refractivity contribution in [3.63, 3.8) is 0 Å². The first-order valence-electron chi connectivity index (χ1n) is 9.53. The Bertz CT molecular complexity index is 575. The van der Waals surface area contributed by atoms with Gasteiger partial charge < -0.3 is 20.7 Å². The van der Waals surface area contributed by atoms with Crippen LogP contribution in [0.1, 0.15) is 39.0 Å². The van der Waals surface area contributed by atoms with Gasteiger partial charge in [0.15, 0.2) is 5.96 Å². The topological polar surface area (TPSA) is 74.8 Å². The first-order chi connectivity index (χ1) is 12.7. The van der Waals surface area contributed by atoms with Crippen molar-refractivity contribution in [3.8, 4) is 0 Å². The van der Waals surface area contributed by atoms with E-state index >= 15 is 0 Å². The molecule has 0 unspecified atom stereocenters. The van der Waals surface area contributed by atoms with Crippen molar-refractivity contribution in [1.82, 2.24) is 10.6 Å². The number of para-hydroxylation sites is 1. The minimum absolute atomic E-state index is 0. The lowest BCUT2D eigenvalue weighted by Crippen LogP contribution is -2.43. The maximum Gasteiger partial charge on any atom is 0.246 e. The predicted octanol–water partition coefficient (Wildman–Crippen LogP) is 3.40. The molecule has 0 aliphatic heterocycles. The summed E-state index contributed by atoms with van der Waals surface area (Å²) in [5.74, 6) is 0.572. The Kier molecular flexibility index (Phi) is 11.3. The highest BCUT2D eigenvalue weighted by molar-refractivity contribution is 14.0. The number of benzene rings is 1. The summed E-state index contributed by atoms with van der Waals surface area (Å²) in [6.07, 6.45) is 6.05. The molecule has 0 radical (unpaired) electrons. The number of nitrogens with one attached hydrogen (secondary N) is 3. The average molecular weight is 488 g/mol. The summed E-state index contributed by atoms with van der Waals surface area (Å²) in [5, 5.41) is 9.52. The lowest BCUT2D eigenvalue weighted by Gasteiger charge is -2.29. The van der Waals surface area contributed by atoms with Gasteiger partial charge in [-0.25, -0.2) is 4.99 Å². The first kappa shape index (κ1) is 23.7.